The molecule has 6 nitrogen and oxygen atoms in total. The molecule has 0 saturated carbocycles. The highest BCUT2D eigenvalue weighted by Crippen LogP contribution is 2.28. The van der Waals surface area contributed by atoms with Crippen LogP contribution in [-0.4, -0.2) is 24.6 Å². The third-order valence-corrected chi connectivity index (χ3v) is 2.11. The second-order valence-electron chi connectivity index (χ2n) is 3.30. The largest absolute Gasteiger partial charge is 0.474 e. The highest BCUT2D eigenvalue weighted by Gasteiger charge is 2.17. The van der Waals surface area contributed by atoms with Crippen molar-refractivity contribution < 1.29 is 19.2 Å². The molecule has 1 rings (SSSR count). The molecule has 0 saturated heterocycles. The maximum atomic E-state index is 11.1. The Labute approximate surface area is 104 Å². The van der Waals surface area contributed by atoms with Crippen LogP contribution in [0.1, 0.15) is 5.56 Å². The van der Waals surface area contributed by atoms with E-state index in [9.17, 15) is 14.9 Å². The number of rotatable bonds is 5. The average molecular weight is 249 g/mol. The molecule has 0 heterocycles. The van der Waals surface area contributed by atoms with Crippen molar-refractivity contribution in [2.75, 3.05) is 13.7 Å². The molecule has 0 fully saturated rings. The van der Waals surface area contributed by atoms with Crippen LogP contribution in [0.4, 0.5) is 5.69 Å². The van der Waals surface area contributed by atoms with Crippen molar-refractivity contribution in [2.24, 2.45) is 0 Å². The van der Waals surface area contributed by atoms with Crippen molar-refractivity contribution in [3.05, 3.63) is 33.9 Å². The molecule has 6 heteroatoms. The number of nitro benzene ring substituents is 1. The van der Waals surface area contributed by atoms with Crippen molar-refractivity contribution in [3.8, 4) is 18.1 Å². The van der Waals surface area contributed by atoms with Crippen LogP contribution in [0.2, 0.25) is 0 Å². The van der Waals surface area contributed by atoms with Crippen molar-refractivity contribution in [2.45, 2.75) is 6.42 Å². The fraction of sp³-hybridized carbons (Fsp3) is 0.250. The van der Waals surface area contributed by atoms with Crippen LogP contribution in [0.3, 0.4) is 0 Å². The van der Waals surface area contributed by atoms with E-state index < -0.39 is 10.9 Å². The fourth-order valence-electron chi connectivity index (χ4n) is 1.30. The lowest BCUT2D eigenvalue weighted by Crippen LogP contribution is -2.05. The summed E-state index contributed by atoms with van der Waals surface area (Å²) in [5.41, 5.74) is 0.244. The van der Waals surface area contributed by atoms with Crippen LogP contribution in [0.5, 0.6) is 5.75 Å². The third-order valence-electron chi connectivity index (χ3n) is 2.11. The van der Waals surface area contributed by atoms with Gasteiger partial charge < -0.3 is 9.47 Å². The van der Waals surface area contributed by atoms with E-state index >= 15 is 0 Å². The van der Waals surface area contributed by atoms with Gasteiger partial charge in [0, 0.05) is 6.07 Å². The maximum Gasteiger partial charge on any atom is 0.311 e. The topological polar surface area (TPSA) is 78.7 Å². The lowest BCUT2D eigenvalue weighted by atomic mass is 10.1. The summed E-state index contributed by atoms with van der Waals surface area (Å²) >= 11 is 0. The van der Waals surface area contributed by atoms with E-state index in [4.69, 9.17) is 11.2 Å². The minimum atomic E-state index is -0.591. The number of esters is 1. The number of hydrogen-bond acceptors (Lipinski definition) is 5. The van der Waals surface area contributed by atoms with Gasteiger partial charge in [-0.1, -0.05) is 12.0 Å². The van der Waals surface area contributed by atoms with Crippen molar-refractivity contribution in [1.82, 2.24) is 0 Å². The Hall–Kier alpha value is -2.55. The minimum Gasteiger partial charge on any atom is -0.474 e. The van der Waals surface area contributed by atoms with Crippen LogP contribution < -0.4 is 4.74 Å². The summed E-state index contributed by atoms with van der Waals surface area (Å²) in [5.74, 6) is 1.82. The number of ether oxygens (including phenoxy) is 2. The van der Waals surface area contributed by atoms with Crippen LogP contribution in [0, 0.1) is 22.5 Å². The average Bonchev–Trinajstić information content (AvgIpc) is 2.36. The molecule has 94 valence electrons. The van der Waals surface area contributed by atoms with Gasteiger partial charge in [0.15, 0.2) is 5.75 Å². The number of nitro groups is 1. The highest BCUT2D eigenvalue weighted by molar-refractivity contribution is 5.73. The molecule has 1 aromatic carbocycles. The standard InChI is InChI=1S/C12H11NO5/c1-3-6-18-11-5-4-9(8-12(14)17-2)7-10(11)13(15)16/h1,4-5,7H,6,8H2,2H3. The van der Waals surface area contributed by atoms with E-state index in [2.05, 4.69) is 10.7 Å². The summed E-state index contributed by atoms with van der Waals surface area (Å²) in [6, 6.07) is 4.23. The SMILES string of the molecule is C#CCOc1ccc(CC(=O)OC)cc1[N+](=O)[O-]. The number of nitrogens with zero attached hydrogens (tertiary/aromatic N) is 1. The van der Waals surface area contributed by atoms with E-state index in [0.29, 0.717) is 5.56 Å². The normalized spacial score (nSPS) is 9.33. The lowest BCUT2D eigenvalue weighted by Gasteiger charge is -2.05. The summed E-state index contributed by atoms with van der Waals surface area (Å²) in [7, 11) is 1.25. The van der Waals surface area contributed by atoms with Crippen LogP contribution >= 0.6 is 0 Å². The molecular formula is C12H11NO5. The molecule has 0 unspecified atom stereocenters. The van der Waals surface area contributed by atoms with Crippen LogP contribution in [0.15, 0.2) is 18.2 Å². The number of carbonyl (C=O) groups is 1. The van der Waals surface area contributed by atoms with E-state index in [0.717, 1.165) is 0 Å². The summed E-state index contributed by atoms with van der Waals surface area (Å²) < 4.78 is 9.52. The first-order valence-electron chi connectivity index (χ1n) is 4.99. The first kappa shape index (κ1) is 13.5. The molecule has 1 aromatic rings. The minimum absolute atomic E-state index is 0.0350. The lowest BCUT2D eigenvalue weighted by molar-refractivity contribution is -0.385. The summed E-state index contributed by atoms with van der Waals surface area (Å²) in [4.78, 5) is 21.3. The second kappa shape index (κ2) is 6.25. The first-order valence-corrected chi connectivity index (χ1v) is 4.99. The first-order chi connectivity index (χ1) is 8.58. The van der Waals surface area contributed by atoms with Crippen molar-refractivity contribution in [3.63, 3.8) is 0 Å². The number of benzene rings is 1. The van der Waals surface area contributed by atoms with E-state index in [1.54, 1.807) is 6.07 Å². The molecule has 0 aliphatic heterocycles. The van der Waals surface area contributed by atoms with Gasteiger partial charge in [-0.15, -0.1) is 6.42 Å². The maximum absolute atomic E-state index is 11.1. The molecule has 18 heavy (non-hydrogen) atoms. The highest BCUT2D eigenvalue weighted by atomic mass is 16.6. The molecule has 0 spiro atoms. The van der Waals surface area contributed by atoms with Gasteiger partial charge in [-0.25, -0.2) is 0 Å². The van der Waals surface area contributed by atoms with Crippen molar-refractivity contribution in [1.29, 1.82) is 0 Å². The predicted molar refractivity (Wildman–Crippen MR) is 63.1 cm³/mol. The Morgan fingerprint density at radius 2 is 2.28 bits per heavy atom. The summed E-state index contributed by atoms with van der Waals surface area (Å²) in [6.07, 6.45) is 4.98. The molecule has 0 aliphatic carbocycles. The van der Waals surface area contributed by atoms with E-state index in [-0.39, 0.29) is 24.5 Å². The molecule has 0 bridgehead atoms. The summed E-state index contributed by atoms with van der Waals surface area (Å²) in [5, 5.41) is 10.9. The zero-order valence-electron chi connectivity index (χ0n) is 9.71. The molecule has 0 aliphatic rings. The smallest absolute Gasteiger partial charge is 0.311 e. The van der Waals surface area contributed by atoms with Gasteiger partial charge in [-0.2, -0.15) is 0 Å². The van der Waals surface area contributed by atoms with Gasteiger partial charge in [0.1, 0.15) is 6.61 Å². The number of methoxy groups -OCH3 is 1. The van der Waals surface area contributed by atoms with Gasteiger partial charge in [0.25, 0.3) is 0 Å². The zero-order chi connectivity index (χ0) is 13.5. The molecule has 0 amide bonds. The Morgan fingerprint density at radius 3 is 2.83 bits per heavy atom. The number of hydrogen-bond donors (Lipinski definition) is 0. The van der Waals surface area contributed by atoms with Gasteiger partial charge >= 0.3 is 11.7 Å². The number of carbonyl (C=O) groups excluding carboxylic acids is 1. The zero-order valence-corrected chi connectivity index (χ0v) is 9.71. The third kappa shape index (κ3) is 3.49. The Morgan fingerprint density at radius 1 is 1.56 bits per heavy atom. The Bertz CT molecular complexity index is 504. The molecule has 0 N–H and O–H groups in total. The van der Waals surface area contributed by atoms with Gasteiger partial charge in [-0.05, 0) is 11.6 Å². The van der Waals surface area contributed by atoms with Gasteiger partial charge in [-0.3, -0.25) is 14.9 Å². The summed E-state index contributed by atoms with van der Waals surface area (Å²) in [6.45, 7) is -0.0583. The second-order valence-corrected chi connectivity index (χ2v) is 3.30. The van der Waals surface area contributed by atoms with Crippen LogP contribution in [-0.2, 0) is 16.0 Å². The Kier molecular flexibility index (Phi) is 4.69. The van der Waals surface area contributed by atoms with Gasteiger partial charge in [0.2, 0.25) is 0 Å². The number of terminal acetylenes is 1. The quantitative estimate of drug-likeness (QED) is 0.340. The Balaban J connectivity index is 3.00. The molecule has 0 atom stereocenters. The van der Waals surface area contributed by atoms with Crippen LogP contribution in [0.25, 0.3) is 0 Å². The van der Waals surface area contributed by atoms with Gasteiger partial charge in [0.05, 0.1) is 18.5 Å². The monoisotopic (exact) mass is 249 g/mol. The van der Waals surface area contributed by atoms with Crippen molar-refractivity contribution >= 4 is 11.7 Å². The molecule has 0 radical (unpaired) electrons. The molecular weight excluding hydrogens is 238 g/mol. The fourth-order valence-corrected chi connectivity index (χ4v) is 1.30. The molecule has 0 aromatic heterocycles. The van der Waals surface area contributed by atoms with E-state index in [1.165, 1.54) is 19.2 Å². The van der Waals surface area contributed by atoms with E-state index in [1.807, 2.05) is 0 Å². The predicted octanol–water partition coefficient (Wildman–Crippen LogP) is 1.32.